The van der Waals surface area contributed by atoms with Gasteiger partial charge in [-0.15, -0.1) is 0 Å². The minimum atomic E-state index is -0.624. The van der Waals surface area contributed by atoms with Crippen LogP contribution in [0.1, 0.15) is 27.2 Å². The molecular formula is C13H23NO2S. The zero-order valence-electron chi connectivity index (χ0n) is 11.0. The Kier molecular flexibility index (Phi) is 3.74. The van der Waals surface area contributed by atoms with Crippen LogP contribution in [0.4, 0.5) is 0 Å². The Morgan fingerprint density at radius 3 is 2.65 bits per heavy atom. The summed E-state index contributed by atoms with van der Waals surface area (Å²) in [7, 11) is 0. The van der Waals surface area contributed by atoms with Crippen molar-refractivity contribution in [1.29, 1.82) is 0 Å². The third-order valence-corrected chi connectivity index (χ3v) is 5.51. The van der Waals surface area contributed by atoms with Gasteiger partial charge in [0.05, 0.1) is 5.92 Å². The molecule has 1 unspecified atom stereocenters. The third kappa shape index (κ3) is 2.63. The zero-order chi connectivity index (χ0) is 12.6. The molecular weight excluding hydrogens is 234 g/mol. The fraction of sp³-hybridized carbons (Fsp3) is 0.923. The van der Waals surface area contributed by atoms with Crippen LogP contribution < -0.4 is 0 Å². The van der Waals surface area contributed by atoms with Crippen molar-refractivity contribution in [1.82, 2.24) is 4.90 Å². The van der Waals surface area contributed by atoms with Gasteiger partial charge < -0.3 is 5.11 Å². The number of carbonyl (C=O) groups is 1. The lowest BCUT2D eigenvalue weighted by Gasteiger charge is -2.43. The summed E-state index contributed by atoms with van der Waals surface area (Å²) in [6.07, 6.45) is 1.24. The van der Waals surface area contributed by atoms with Crippen LogP contribution in [0.5, 0.6) is 0 Å². The van der Waals surface area contributed by atoms with E-state index in [-0.39, 0.29) is 11.8 Å². The minimum Gasteiger partial charge on any atom is -0.481 e. The minimum absolute atomic E-state index is 0.169. The Labute approximate surface area is 108 Å². The summed E-state index contributed by atoms with van der Waals surface area (Å²) in [4.78, 5) is 13.6. The lowest BCUT2D eigenvalue weighted by Crippen LogP contribution is -2.48. The van der Waals surface area contributed by atoms with Crippen molar-refractivity contribution in [2.45, 2.75) is 33.2 Å². The van der Waals surface area contributed by atoms with Crippen molar-refractivity contribution >= 4 is 17.7 Å². The van der Waals surface area contributed by atoms with Crippen LogP contribution in [0.3, 0.4) is 0 Å². The van der Waals surface area contributed by atoms with E-state index >= 15 is 0 Å². The second-order valence-corrected chi connectivity index (χ2v) is 7.36. The van der Waals surface area contributed by atoms with Gasteiger partial charge in [-0.25, -0.2) is 0 Å². The molecule has 2 fully saturated rings. The lowest BCUT2D eigenvalue weighted by atomic mass is 9.81. The molecule has 0 amide bonds. The predicted octanol–water partition coefficient (Wildman–Crippen LogP) is 2.17. The number of carboxylic acid groups (broad SMARTS) is 1. The van der Waals surface area contributed by atoms with Crippen molar-refractivity contribution < 1.29 is 9.90 Å². The van der Waals surface area contributed by atoms with Gasteiger partial charge >= 0.3 is 5.97 Å². The van der Waals surface area contributed by atoms with Crippen LogP contribution in [-0.2, 0) is 4.79 Å². The topological polar surface area (TPSA) is 40.5 Å². The summed E-state index contributed by atoms with van der Waals surface area (Å²) >= 11 is 2.01. The number of hydrogen-bond acceptors (Lipinski definition) is 3. The van der Waals surface area contributed by atoms with E-state index in [1.165, 1.54) is 12.2 Å². The average molecular weight is 257 g/mol. The Hall–Kier alpha value is -0.220. The molecule has 2 saturated heterocycles. The molecule has 0 aromatic carbocycles. The molecule has 3 nitrogen and oxygen atoms in total. The molecule has 0 saturated carbocycles. The standard InChI is InChI=1S/C13H23NO2S/c1-9-6-14(7-10(9)12(15)16)11-8-17-5-4-13(11,2)3/h9-11H,4-8H2,1-3H3,(H,15,16)/t9-,10-,11?/m1/s1. The maximum atomic E-state index is 11.2. The molecule has 2 aliphatic rings. The molecule has 0 radical (unpaired) electrons. The molecule has 2 aliphatic heterocycles. The second-order valence-electron chi connectivity index (χ2n) is 6.21. The second kappa shape index (κ2) is 4.81. The SMILES string of the molecule is C[C@@H]1CN(C2CSCCC2(C)C)C[C@H]1C(=O)O. The van der Waals surface area contributed by atoms with Gasteiger partial charge in [0.2, 0.25) is 0 Å². The van der Waals surface area contributed by atoms with E-state index in [0.717, 1.165) is 18.8 Å². The molecule has 0 aromatic heterocycles. The molecule has 2 rings (SSSR count). The number of nitrogens with zero attached hydrogens (tertiary/aromatic N) is 1. The molecule has 1 N–H and O–H groups in total. The zero-order valence-corrected chi connectivity index (χ0v) is 11.8. The first kappa shape index (κ1) is 13.2. The summed E-state index contributed by atoms with van der Waals surface area (Å²) in [6, 6.07) is 0.549. The van der Waals surface area contributed by atoms with Gasteiger partial charge in [0.1, 0.15) is 0 Å². The van der Waals surface area contributed by atoms with Gasteiger partial charge in [0, 0.05) is 24.9 Å². The summed E-state index contributed by atoms with van der Waals surface area (Å²) < 4.78 is 0. The Bertz CT molecular complexity index is 306. The number of rotatable bonds is 2. The number of aliphatic carboxylic acids is 1. The fourth-order valence-corrected chi connectivity index (χ4v) is 4.82. The first-order valence-corrected chi connectivity index (χ1v) is 7.62. The van der Waals surface area contributed by atoms with Crippen LogP contribution in [0.2, 0.25) is 0 Å². The molecule has 3 atom stereocenters. The van der Waals surface area contributed by atoms with Crippen molar-refractivity contribution in [3.8, 4) is 0 Å². The Balaban J connectivity index is 2.06. The fourth-order valence-electron chi connectivity index (χ4n) is 3.10. The largest absolute Gasteiger partial charge is 0.481 e. The van der Waals surface area contributed by atoms with E-state index in [4.69, 9.17) is 0 Å². The van der Waals surface area contributed by atoms with Crippen molar-refractivity contribution in [3.05, 3.63) is 0 Å². The van der Waals surface area contributed by atoms with Gasteiger partial charge in [-0.3, -0.25) is 9.69 Å². The van der Waals surface area contributed by atoms with Crippen LogP contribution in [0.15, 0.2) is 0 Å². The maximum absolute atomic E-state index is 11.2. The quantitative estimate of drug-likeness (QED) is 0.823. The van der Waals surface area contributed by atoms with E-state index in [1.54, 1.807) is 0 Å². The summed E-state index contributed by atoms with van der Waals surface area (Å²) in [6.45, 7) is 8.42. The smallest absolute Gasteiger partial charge is 0.308 e. The first-order chi connectivity index (χ1) is 7.92. The van der Waals surface area contributed by atoms with Crippen molar-refractivity contribution in [2.75, 3.05) is 24.6 Å². The lowest BCUT2D eigenvalue weighted by molar-refractivity contribution is -0.142. The highest BCUT2D eigenvalue weighted by Crippen LogP contribution is 2.40. The highest BCUT2D eigenvalue weighted by molar-refractivity contribution is 7.99. The van der Waals surface area contributed by atoms with Crippen LogP contribution in [-0.4, -0.2) is 46.6 Å². The number of carboxylic acids is 1. The number of hydrogen-bond donors (Lipinski definition) is 1. The maximum Gasteiger partial charge on any atom is 0.308 e. The Morgan fingerprint density at radius 1 is 1.41 bits per heavy atom. The molecule has 2 heterocycles. The molecule has 0 aliphatic carbocycles. The van der Waals surface area contributed by atoms with Crippen LogP contribution >= 0.6 is 11.8 Å². The Morgan fingerprint density at radius 2 is 2.12 bits per heavy atom. The van der Waals surface area contributed by atoms with Crippen LogP contribution in [0, 0.1) is 17.3 Å². The highest BCUT2D eigenvalue weighted by atomic mass is 32.2. The van der Waals surface area contributed by atoms with Gasteiger partial charge in [-0.05, 0) is 23.5 Å². The molecule has 0 aromatic rings. The van der Waals surface area contributed by atoms with Gasteiger partial charge in [-0.2, -0.15) is 11.8 Å². The number of likely N-dealkylation sites (tertiary alicyclic amines) is 1. The van der Waals surface area contributed by atoms with Gasteiger partial charge in [0.15, 0.2) is 0 Å². The predicted molar refractivity (Wildman–Crippen MR) is 71.4 cm³/mol. The van der Waals surface area contributed by atoms with E-state index in [2.05, 4.69) is 25.7 Å². The molecule has 0 bridgehead atoms. The molecule has 4 heteroatoms. The van der Waals surface area contributed by atoms with E-state index in [9.17, 15) is 9.90 Å². The molecule has 98 valence electrons. The summed E-state index contributed by atoms with van der Waals surface area (Å²) in [5.74, 6) is 1.90. The van der Waals surface area contributed by atoms with Crippen LogP contribution in [0.25, 0.3) is 0 Å². The van der Waals surface area contributed by atoms with Gasteiger partial charge in [-0.1, -0.05) is 20.8 Å². The summed E-state index contributed by atoms with van der Waals surface area (Å²) in [5, 5.41) is 9.20. The summed E-state index contributed by atoms with van der Waals surface area (Å²) in [5.41, 5.74) is 0.332. The van der Waals surface area contributed by atoms with E-state index < -0.39 is 5.97 Å². The molecule has 0 spiro atoms. The normalized spacial score (nSPS) is 38.2. The van der Waals surface area contributed by atoms with Crippen molar-refractivity contribution in [2.24, 2.45) is 17.3 Å². The monoisotopic (exact) mass is 257 g/mol. The molecule has 17 heavy (non-hydrogen) atoms. The number of thioether (sulfide) groups is 1. The van der Waals surface area contributed by atoms with Gasteiger partial charge in [0.25, 0.3) is 0 Å². The average Bonchev–Trinajstić information content (AvgIpc) is 2.59. The van der Waals surface area contributed by atoms with E-state index in [0.29, 0.717) is 11.5 Å². The third-order valence-electron chi connectivity index (χ3n) is 4.47. The first-order valence-electron chi connectivity index (χ1n) is 6.46. The van der Waals surface area contributed by atoms with E-state index in [1.807, 2.05) is 11.8 Å². The highest BCUT2D eigenvalue weighted by Gasteiger charge is 2.43. The van der Waals surface area contributed by atoms with Crippen molar-refractivity contribution in [3.63, 3.8) is 0 Å².